The highest BCUT2D eigenvalue weighted by Gasteiger charge is 2.15. The lowest BCUT2D eigenvalue weighted by Crippen LogP contribution is -2.30. The second kappa shape index (κ2) is 6.90. The van der Waals surface area contributed by atoms with Crippen LogP contribution in [0.4, 0.5) is 0 Å². The zero-order valence-electron chi connectivity index (χ0n) is 12.9. The largest absolute Gasteiger partial charge is 0.271 e. The van der Waals surface area contributed by atoms with Crippen LogP contribution in [0, 0.1) is 3.57 Å². The van der Waals surface area contributed by atoms with Crippen molar-refractivity contribution in [2.24, 2.45) is 5.84 Å². The van der Waals surface area contributed by atoms with Crippen LogP contribution in [-0.2, 0) is 11.8 Å². The highest BCUT2D eigenvalue weighted by molar-refractivity contribution is 14.1. The van der Waals surface area contributed by atoms with Crippen molar-refractivity contribution in [1.29, 1.82) is 0 Å². The quantitative estimate of drug-likeness (QED) is 0.460. The first-order chi connectivity index (χ1) is 9.91. The van der Waals surface area contributed by atoms with Crippen LogP contribution in [-0.4, -0.2) is 0 Å². The van der Waals surface area contributed by atoms with Gasteiger partial charge in [-0.05, 0) is 57.2 Å². The van der Waals surface area contributed by atoms with Gasteiger partial charge < -0.3 is 0 Å². The summed E-state index contributed by atoms with van der Waals surface area (Å²) >= 11 is 2.36. The average Bonchev–Trinajstić information content (AvgIpc) is 2.45. The lowest BCUT2D eigenvalue weighted by molar-refractivity contribution is 0.548. The van der Waals surface area contributed by atoms with Gasteiger partial charge in [-0.25, -0.2) is 0 Å². The van der Waals surface area contributed by atoms with E-state index in [0.29, 0.717) is 0 Å². The molecule has 0 saturated heterocycles. The minimum atomic E-state index is 0.138. The third kappa shape index (κ3) is 4.28. The molecule has 0 aliphatic heterocycles. The van der Waals surface area contributed by atoms with E-state index in [1.54, 1.807) is 0 Å². The molecule has 0 heterocycles. The Morgan fingerprint density at radius 2 is 1.67 bits per heavy atom. The number of hydrazine groups is 1. The Morgan fingerprint density at radius 3 is 2.19 bits per heavy atom. The number of rotatable bonds is 4. The van der Waals surface area contributed by atoms with Gasteiger partial charge >= 0.3 is 0 Å². The van der Waals surface area contributed by atoms with Gasteiger partial charge in [0.1, 0.15) is 0 Å². The number of nitrogens with two attached hydrogens (primary N) is 1. The molecule has 0 saturated carbocycles. The molecule has 1 atom stereocenters. The van der Waals surface area contributed by atoms with Gasteiger partial charge in [0.2, 0.25) is 0 Å². The molecule has 0 spiro atoms. The van der Waals surface area contributed by atoms with Crippen LogP contribution in [0.25, 0.3) is 0 Å². The Morgan fingerprint density at radius 1 is 1.05 bits per heavy atom. The normalized spacial score (nSPS) is 13.2. The maximum absolute atomic E-state index is 5.77. The van der Waals surface area contributed by atoms with Gasteiger partial charge in [0.25, 0.3) is 0 Å². The van der Waals surface area contributed by atoms with Crippen LogP contribution in [0.2, 0.25) is 0 Å². The van der Waals surface area contributed by atoms with Crippen LogP contribution in [0.5, 0.6) is 0 Å². The molecule has 0 amide bonds. The van der Waals surface area contributed by atoms with Crippen molar-refractivity contribution in [3.63, 3.8) is 0 Å². The van der Waals surface area contributed by atoms with Crippen LogP contribution >= 0.6 is 22.6 Å². The van der Waals surface area contributed by atoms with Gasteiger partial charge in [0.05, 0.1) is 6.04 Å². The van der Waals surface area contributed by atoms with Gasteiger partial charge in [-0.1, -0.05) is 63.2 Å². The van der Waals surface area contributed by atoms with Gasteiger partial charge in [-0.15, -0.1) is 0 Å². The molecule has 0 bridgehead atoms. The van der Waals surface area contributed by atoms with E-state index in [-0.39, 0.29) is 11.5 Å². The SMILES string of the molecule is CC(C)(C)c1ccc(CC(NN)c2ccccc2I)cc1. The molecule has 2 nitrogen and oxygen atoms in total. The second-order valence-electron chi connectivity index (χ2n) is 6.39. The molecule has 0 aliphatic rings. The minimum absolute atomic E-state index is 0.138. The third-order valence-electron chi connectivity index (χ3n) is 3.74. The smallest absolute Gasteiger partial charge is 0.0510 e. The zero-order chi connectivity index (χ0) is 15.5. The molecule has 2 aromatic carbocycles. The van der Waals surface area contributed by atoms with Gasteiger partial charge in [0, 0.05) is 3.57 Å². The predicted molar refractivity (Wildman–Crippen MR) is 98.1 cm³/mol. The molecule has 0 aromatic heterocycles. The summed E-state index contributed by atoms with van der Waals surface area (Å²) in [6.07, 6.45) is 0.890. The molecule has 1 unspecified atom stereocenters. The fourth-order valence-electron chi connectivity index (χ4n) is 2.39. The summed E-state index contributed by atoms with van der Waals surface area (Å²) < 4.78 is 1.24. The number of benzene rings is 2. The molecule has 2 aromatic rings. The van der Waals surface area contributed by atoms with E-state index in [1.165, 1.54) is 20.3 Å². The molecule has 0 aliphatic carbocycles. The molecular formula is C18H23IN2. The first-order valence-electron chi connectivity index (χ1n) is 7.22. The lowest BCUT2D eigenvalue weighted by atomic mass is 9.86. The molecule has 0 radical (unpaired) electrons. The summed E-state index contributed by atoms with van der Waals surface area (Å²) in [7, 11) is 0. The van der Waals surface area contributed by atoms with E-state index in [9.17, 15) is 0 Å². The Kier molecular flexibility index (Phi) is 5.41. The van der Waals surface area contributed by atoms with Crippen molar-refractivity contribution < 1.29 is 0 Å². The van der Waals surface area contributed by atoms with Crippen molar-refractivity contribution in [2.75, 3.05) is 0 Å². The minimum Gasteiger partial charge on any atom is -0.271 e. The van der Waals surface area contributed by atoms with Gasteiger partial charge in [0.15, 0.2) is 0 Å². The molecule has 21 heavy (non-hydrogen) atoms. The van der Waals surface area contributed by atoms with E-state index >= 15 is 0 Å². The monoisotopic (exact) mass is 394 g/mol. The van der Waals surface area contributed by atoms with Gasteiger partial charge in [-0.3, -0.25) is 11.3 Å². The Balaban J connectivity index is 2.18. The highest BCUT2D eigenvalue weighted by Crippen LogP contribution is 2.25. The van der Waals surface area contributed by atoms with Crippen LogP contribution in [0.1, 0.15) is 43.5 Å². The Bertz CT molecular complexity index is 585. The predicted octanol–water partition coefficient (Wildman–Crippen LogP) is 4.34. The van der Waals surface area contributed by atoms with E-state index in [0.717, 1.165) is 6.42 Å². The average molecular weight is 394 g/mol. The first kappa shape index (κ1) is 16.5. The number of hydrogen-bond acceptors (Lipinski definition) is 2. The van der Waals surface area contributed by atoms with E-state index in [2.05, 4.69) is 97.3 Å². The maximum atomic E-state index is 5.77. The van der Waals surface area contributed by atoms with Crippen molar-refractivity contribution in [3.05, 3.63) is 68.8 Å². The topological polar surface area (TPSA) is 38.0 Å². The molecule has 112 valence electrons. The molecule has 0 fully saturated rings. The van der Waals surface area contributed by atoms with Crippen LogP contribution < -0.4 is 11.3 Å². The molecule has 2 rings (SSSR count). The summed E-state index contributed by atoms with van der Waals surface area (Å²) in [6.45, 7) is 6.70. The Labute approximate surface area is 141 Å². The third-order valence-corrected chi connectivity index (χ3v) is 4.72. The Hall–Kier alpha value is -0.910. The molecular weight excluding hydrogens is 371 g/mol. The number of nitrogens with one attached hydrogen (secondary N) is 1. The maximum Gasteiger partial charge on any atom is 0.0510 e. The summed E-state index contributed by atoms with van der Waals surface area (Å²) in [5.41, 5.74) is 7.05. The van der Waals surface area contributed by atoms with E-state index in [1.807, 2.05) is 0 Å². The van der Waals surface area contributed by atoms with E-state index < -0.39 is 0 Å². The van der Waals surface area contributed by atoms with Crippen molar-refractivity contribution >= 4 is 22.6 Å². The number of halogens is 1. The van der Waals surface area contributed by atoms with Crippen LogP contribution in [0.3, 0.4) is 0 Å². The van der Waals surface area contributed by atoms with Gasteiger partial charge in [-0.2, -0.15) is 0 Å². The highest BCUT2D eigenvalue weighted by atomic mass is 127. The van der Waals surface area contributed by atoms with Crippen molar-refractivity contribution in [1.82, 2.24) is 5.43 Å². The fourth-order valence-corrected chi connectivity index (χ4v) is 3.16. The molecule has 3 heteroatoms. The van der Waals surface area contributed by atoms with Crippen LogP contribution in [0.15, 0.2) is 48.5 Å². The number of hydrogen-bond donors (Lipinski definition) is 2. The van der Waals surface area contributed by atoms with E-state index in [4.69, 9.17) is 5.84 Å². The standard InChI is InChI=1S/C18H23IN2/c1-18(2,3)14-10-8-13(9-11-14)12-17(21-20)15-6-4-5-7-16(15)19/h4-11,17,21H,12,20H2,1-3H3. The summed E-state index contributed by atoms with van der Waals surface area (Å²) in [5.74, 6) is 5.77. The summed E-state index contributed by atoms with van der Waals surface area (Å²) in [6, 6.07) is 17.4. The van der Waals surface area contributed by atoms with Crippen molar-refractivity contribution in [2.45, 2.75) is 38.6 Å². The first-order valence-corrected chi connectivity index (χ1v) is 8.29. The second-order valence-corrected chi connectivity index (χ2v) is 7.55. The zero-order valence-corrected chi connectivity index (χ0v) is 15.0. The summed E-state index contributed by atoms with van der Waals surface area (Å²) in [5, 5.41) is 0. The fraction of sp³-hybridized carbons (Fsp3) is 0.333. The van der Waals surface area contributed by atoms with Crippen molar-refractivity contribution in [3.8, 4) is 0 Å². The molecule has 3 N–H and O–H groups in total. The lowest BCUT2D eigenvalue weighted by Gasteiger charge is -2.21. The summed E-state index contributed by atoms with van der Waals surface area (Å²) in [4.78, 5) is 0.